The number of nitrogens with one attached hydrogen (secondary N) is 3. The molecule has 0 saturated carbocycles. The fourth-order valence-corrected chi connectivity index (χ4v) is 1.83. The summed E-state index contributed by atoms with van der Waals surface area (Å²) in [6.07, 6.45) is 3.04. The van der Waals surface area contributed by atoms with Gasteiger partial charge < -0.3 is 5.32 Å². The highest BCUT2D eigenvalue weighted by Gasteiger charge is 2.11. The molecule has 0 aliphatic rings. The topological polar surface area (TPSA) is 83.1 Å². The molecule has 0 saturated heterocycles. The molecular formula is C13H10Cl2N4O2. The molecule has 21 heavy (non-hydrogen) atoms. The number of anilines is 1. The quantitative estimate of drug-likeness (QED) is 0.743. The zero-order valence-corrected chi connectivity index (χ0v) is 12.1. The van der Waals surface area contributed by atoms with Gasteiger partial charge in [0, 0.05) is 11.2 Å². The summed E-state index contributed by atoms with van der Waals surface area (Å²) in [5.41, 5.74) is 5.07. The molecule has 0 atom stereocenters. The van der Waals surface area contributed by atoms with Gasteiger partial charge in [0.2, 0.25) is 0 Å². The van der Waals surface area contributed by atoms with Crippen molar-refractivity contribution in [2.24, 2.45) is 0 Å². The molecule has 0 bridgehead atoms. The lowest BCUT2D eigenvalue weighted by Gasteiger charge is -2.09. The number of carbonyl (C=O) groups is 2. The molecule has 2 rings (SSSR count). The van der Waals surface area contributed by atoms with Crippen LogP contribution in [0.2, 0.25) is 10.0 Å². The lowest BCUT2D eigenvalue weighted by Crippen LogP contribution is -2.44. The van der Waals surface area contributed by atoms with Crippen molar-refractivity contribution in [1.29, 1.82) is 0 Å². The van der Waals surface area contributed by atoms with Gasteiger partial charge >= 0.3 is 6.03 Å². The second-order valence-electron chi connectivity index (χ2n) is 3.90. The largest absolute Gasteiger partial charge is 0.337 e. The van der Waals surface area contributed by atoms with Crippen LogP contribution in [0, 0.1) is 0 Å². The minimum atomic E-state index is -0.616. The van der Waals surface area contributed by atoms with Crippen LogP contribution in [0.1, 0.15) is 10.4 Å². The summed E-state index contributed by atoms with van der Waals surface area (Å²) < 4.78 is 0. The van der Waals surface area contributed by atoms with Crippen LogP contribution in [0.3, 0.4) is 0 Å². The molecule has 0 unspecified atom stereocenters. The number of carbonyl (C=O) groups excluding carboxylic acids is 2. The maximum absolute atomic E-state index is 11.9. The number of hydrazine groups is 1. The van der Waals surface area contributed by atoms with Crippen LogP contribution in [0.5, 0.6) is 0 Å². The molecule has 0 aliphatic carbocycles. The summed E-state index contributed by atoms with van der Waals surface area (Å²) in [5.74, 6) is -0.580. The Hall–Kier alpha value is -2.31. The van der Waals surface area contributed by atoms with E-state index in [0.717, 1.165) is 0 Å². The molecule has 6 nitrogen and oxygen atoms in total. The molecular weight excluding hydrogens is 315 g/mol. The van der Waals surface area contributed by atoms with Crippen LogP contribution >= 0.6 is 23.2 Å². The van der Waals surface area contributed by atoms with Gasteiger partial charge in [0.1, 0.15) is 0 Å². The molecule has 0 fully saturated rings. The van der Waals surface area contributed by atoms with E-state index in [4.69, 9.17) is 23.2 Å². The van der Waals surface area contributed by atoms with Gasteiger partial charge in [0.15, 0.2) is 0 Å². The Morgan fingerprint density at radius 1 is 1.10 bits per heavy atom. The van der Waals surface area contributed by atoms with Crippen LogP contribution in [0.4, 0.5) is 10.5 Å². The number of amides is 3. The lowest BCUT2D eigenvalue weighted by molar-refractivity contribution is 0.0938. The summed E-state index contributed by atoms with van der Waals surface area (Å²) in [6.45, 7) is 0. The number of nitrogens with zero attached hydrogens (tertiary/aromatic N) is 1. The van der Waals surface area contributed by atoms with Crippen molar-refractivity contribution >= 4 is 40.8 Å². The third-order valence-electron chi connectivity index (χ3n) is 2.38. The molecule has 0 radical (unpaired) electrons. The highest BCUT2D eigenvalue weighted by molar-refractivity contribution is 6.35. The van der Waals surface area contributed by atoms with E-state index < -0.39 is 11.9 Å². The van der Waals surface area contributed by atoms with Crippen molar-refractivity contribution in [3.63, 3.8) is 0 Å². The highest BCUT2D eigenvalue weighted by Crippen LogP contribution is 2.20. The monoisotopic (exact) mass is 324 g/mol. The first-order valence-corrected chi connectivity index (χ1v) is 6.54. The Kier molecular flexibility index (Phi) is 4.97. The molecule has 1 aromatic heterocycles. The summed E-state index contributed by atoms with van der Waals surface area (Å²) in [4.78, 5) is 27.3. The normalized spacial score (nSPS) is 9.81. The predicted molar refractivity (Wildman–Crippen MR) is 80.3 cm³/mol. The fraction of sp³-hybridized carbons (Fsp3) is 0. The first-order chi connectivity index (χ1) is 10.1. The van der Waals surface area contributed by atoms with E-state index in [1.165, 1.54) is 18.3 Å². The second-order valence-corrected chi connectivity index (χ2v) is 4.74. The summed E-state index contributed by atoms with van der Waals surface area (Å²) in [6, 6.07) is 7.16. The number of hydrogen-bond acceptors (Lipinski definition) is 3. The van der Waals surface area contributed by atoms with Crippen molar-refractivity contribution in [2.45, 2.75) is 0 Å². The van der Waals surface area contributed by atoms with Gasteiger partial charge in [-0.05, 0) is 30.3 Å². The van der Waals surface area contributed by atoms with E-state index in [1.54, 1.807) is 24.4 Å². The molecule has 1 heterocycles. The van der Waals surface area contributed by atoms with Crippen molar-refractivity contribution < 1.29 is 9.59 Å². The van der Waals surface area contributed by atoms with Gasteiger partial charge in [-0.1, -0.05) is 23.2 Å². The Labute approximate surface area is 130 Å². The highest BCUT2D eigenvalue weighted by atomic mass is 35.5. The van der Waals surface area contributed by atoms with Gasteiger partial charge in [-0.3, -0.25) is 15.2 Å². The first-order valence-electron chi connectivity index (χ1n) is 5.78. The number of benzene rings is 1. The van der Waals surface area contributed by atoms with E-state index in [9.17, 15) is 9.59 Å². The molecule has 3 amide bonds. The first kappa shape index (κ1) is 15.1. The number of pyridine rings is 1. The molecule has 0 aliphatic heterocycles. The van der Waals surface area contributed by atoms with E-state index >= 15 is 0 Å². The Morgan fingerprint density at radius 3 is 2.62 bits per heavy atom. The van der Waals surface area contributed by atoms with Crippen molar-refractivity contribution in [2.75, 3.05) is 5.32 Å². The minimum Gasteiger partial charge on any atom is -0.305 e. The smallest absolute Gasteiger partial charge is 0.305 e. The zero-order chi connectivity index (χ0) is 15.2. The molecule has 0 spiro atoms. The fourth-order valence-electron chi connectivity index (χ4n) is 1.45. The average molecular weight is 325 g/mol. The van der Waals surface area contributed by atoms with E-state index in [2.05, 4.69) is 21.2 Å². The van der Waals surface area contributed by atoms with Crippen molar-refractivity contribution in [1.82, 2.24) is 15.8 Å². The van der Waals surface area contributed by atoms with Gasteiger partial charge in [-0.15, -0.1) is 0 Å². The van der Waals surface area contributed by atoms with Gasteiger partial charge in [0.25, 0.3) is 5.91 Å². The maximum atomic E-state index is 11.9. The summed E-state index contributed by atoms with van der Waals surface area (Å²) in [5, 5.41) is 3.08. The molecule has 2 aromatic rings. The average Bonchev–Trinajstić information content (AvgIpc) is 2.48. The standard InChI is InChI=1S/C13H10Cl2N4O2/c14-8-3-4-11(15)10(6-8)12(20)18-19-13(21)17-9-2-1-5-16-7-9/h1-7H,(H,18,20)(H2,17,19,21). The maximum Gasteiger partial charge on any atom is 0.337 e. The van der Waals surface area contributed by atoms with Gasteiger partial charge in [0.05, 0.1) is 22.5 Å². The van der Waals surface area contributed by atoms with Crippen molar-refractivity contribution in [3.05, 3.63) is 58.3 Å². The molecule has 108 valence electrons. The lowest BCUT2D eigenvalue weighted by atomic mass is 10.2. The van der Waals surface area contributed by atoms with Gasteiger partial charge in [-0.25, -0.2) is 10.2 Å². The third-order valence-corrected chi connectivity index (χ3v) is 2.95. The van der Waals surface area contributed by atoms with E-state index in [0.29, 0.717) is 10.7 Å². The molecule has 1 aromatic carbocycles. The summed E-state index contributed by atoms with van der Waals surface area (Å²) in [7, 11) is 0. The van der Waals surface area contributed by atoms with Gasteiger partial charge in [-0.2, -0.15) is 0 Å². The van der Waals surface area contributed by atoms with Crippen LogP contribution in [-0.4, -0.2) is 16.9 Å². The zero-order valence-electron chi connectivity index (χ0n) is 10.6. The Bertz CT molecular complexity index is 664. The van der Waals surface area contributed by atoms with E-state index in [-0.39, 0.29) is 10.6 Å². The van der Waals surface area contributed by atoms with Crippen LogP contribution in [0.15, 0.2) is 42.7 Å². The van der Waals surface area contributed by atoms with Crippen LogP contribution in [0.25, 0.3) is 0 Å². The number of rotatable bonds is 2. The Balaban J connectivity index is 1.92. The number of hydrogen-bond donors (Lipinski definition) is 3. The molecule has 3 N–H and O–H groups in total. The minimum absolute atomic E-state index is 0.158. The van der Waals surface area contributed by atoms with Crippen molar-refractivity contribution in [3.8, 4) is 0 Å². The number of urea groups is 1. The second kappa shape index (κ2) is 6.92. The third kappa shape index (κ3) is 4.34. The Morgan fingerprint density at radius 2 is 1.90 bits per heavy atom. The SMILES string of the molecule is O=C(NNC(=O)c1cc(Cl)ccc1Cl)Nc1cccnc1. The number of halogens is 2. The molecule has 8 heteroatoms. The van der Waals surface area contributed by atoms with E-state index in [1.807, 2.05) is 0 Å². The van der Waals surface area contributed by atoms with Crippen LogP contribution < -0.4 is 16.2 Å². The predicted octanol–water partition coefficient (Wildman–Crippen LogP) is 2.85. The van der Waals surface area contributed by atoms with Crippen LogP contribution in [-0.2, 0) is 0 Å². The number of aromatic nitrogens is 1. The summed E-state index contributed by atoms with van der Waals surface area (Å²) >= 11 is 11.7.